The Morgan fingerprint density at radius 3 is 2.43 bits per heavy atom. The molecule has 3 nitrogen and oxygen atoms in total. The zero-order valence-electron chi connectivity index (χ0n) is 8.65. The molecule has 0 bridgehead atoms. The van der Waals surface area contributed by atoms with Gasteiger partial charge in [0.05, 0.1) is 11.3 Å². The fourth-order valence-corrected chi connectivity index (χ4v) is 1.54. The van der Waals surface area contributed by atoms with Crippen LogP contribution in [0.2, 0.25) is 0 Å². The van der Waals surface area contributed by atoms with Crippen LogP contribution in [0.4, 0.5) is 0 Å². The number of ketones is 1. The Bertz CT molecular complexity index is 306. The topological polar surface area (TPSA) is 42.9 Å². The summed E-state index contributed by atoms with van der Waals surface area (Å²) in [4.78, 5) is 19.2. The van der Waals surface area contributed by atoms with Crippen LogP contribution in [-0.4, -0.2) is 26.3 Å². The molecule has 1 rings (SSSR count). The molecule has 0 aliphatic rings. The summed E-state index contributed by atoms with van der Waals surface area (Å²) < 4.78 is 0.116. The lowest BCUT2D eigenvalue weighted by Crippen LogP contribution is -2.13. The predicted molar refractivity (Wildman–Crippen MR) is 58.6 cm³/mol. The molecule has 0 fully saturated rings. The van der Waals surface area contributed by atoms with Crippen molar-refractivity contribution in [1.82, 2.24) is 9.97 Å². The molecule has 0 radical (unpaired) electrons. The van der Waals surface area contributed by atoms with Gasteiger partial charge in [-0.05, 0) is 0 Å². The highest BCUT2D eigenvalue weighted by atomic mass is 32.2. The second kappa shape index (κ2) is 4.55. The van der Waals surface area contributed by atoms with Crippen molar-refractivity contribution >= 4 is 17.5 Å². The smallest absolute Gasteiger partial charge is 0.175 e. The van der Waals surface area contributed by atoms with E-state index in [9.17, 15) is 4.79 Å². The summed E-state index contributed by atoms with van der Waals surface area (Å²) in [5.41, 5.74) is 0.587. The van der Waals surface area contributed by atoms with E-state index < -0.39 is 0 Å². The fraction of sp³-hybridized carbons (Fsp3) is 0.500. The lowest BCUT2D eigenvalue weighted by atomic mass is 10.2. The summed E-state index contributed by atoms with van der Waals surface area (Å²) in [5, 5.41) is 0. The third-order valence-electron chi connectivity index (χ3n) is 1.52. The fourth-order valence-electron chi connectivity index (χ4n) is 0.808. The highest BCUT2D eigenvalue weighted by molar-refractivity contribution is 8.01. The predicted octanol–water partition coefficient (Wildman–Crippen LogP) is 2.19. The Hall–Kier alpha value is -0.900. The highest BCUT2D eigenvalue weighted by Gasteiger charge is 2.14. The summed E-state index contributed by atoms with van der Waals surface area (Å²) in [6.45, 7) is 6.27. The Kier molecular flexibility index (Phi) is 3.63. The first-order chi connectivity index (χ1) is 6.49. The zero-order valence-corrected chi connectivity index (χ0v) is 9.47. The minimum Gasteiger partial charge on any atom is -0.293 e. The van der Waals surface area contributed by atoms with Gasteiger partial charge in [-0.2, -0.15) is 0 Å². The van der Waals surface area contributed by atoms with E-state index in [1.807, 2.05) is 0 Å². The Balaban J connectivity index is 2.52. The molecule has 1 heterocycles. The van der Waals surface area contributed by atoms with E-state index in [0.717, 1.165) is 0 Å². The van der Waals surface area contributed by atoms with Crippen LogP contribution in [0.15, 0.2) is 18.7 Å². The summed E-state index contributed by atoms with van der Waals surface area (Å²) in [7, 11) is 0. The maximum Gasteiger partial charge on any atom is 0.175 e. The molecule has 4 heteroatoms. The summed E-state index contributed by atoms with van der Waals surface area (Å²) in [5.74, 6) is 0.571. The van der Waals surface area contributed by atoms with E-state index in [1.54, 1.807) is 24.2 Å². The number of thioether (sulfide) groups is 1. The van der Waals surface area contributed by atoms with Gasteiger partial charge >= 0.3 is 0 Å². The molecular formula is C10H14N2OS. The minimum absolute atomic E-state index is 0.0884. The van der Waals surface area contributed by atoms with E-state index >= 15 is 0 Å². The third kappa shape index (κ3) is 3.87. The Morgan fingerprint density at radius 2 is 1.93 bits per heavy atom. The van der Waals surface area contributed by atoms with Crippen LogP contribution in [0.5, 0.6) is 0 Å². The average molecular weight is 210 g/mol. The first-order valence-corrected chi connectivity index (χ1v) is 5.40. The maximum atomic E-state index is 11.6. The molecule has 0 N–H and O–H groups in total. The zero-order chi connectivity index (χ0) is 10.6. The molecule has 0 aliphatic carbocycles. The van der Waals surface area contributed by atoms with Gasteiger partial charge in [0.1, 0.15) is 6.33 Å². The summed E-state index contributed by atoms with van der Waals surface area (Å²) in [6, 6.07) is 0. The highest BCUT2D eigenvalue weighted by Crippen LogP contribution is 2.23. The van der Waals surface area contributed by atoms with Crippen molar-refractivity contribution in [3.63, 3.8) is 0 Å². The van der Waals surface area contributed by atoms with Gasteiger partial charge in [-0.3, -0.25) is 4.79 Å². The normalized spacial score (nSPS) is 11.4. The van der Waals surface area contributed by atoms with Crippen LogP contribution in [0.25, 0.3) is 0 Å². The van der Waals surface area contributed by atoms with E-state index in [4.69, 9.17) is 0 Å². The number of hydrogen-bond acceptors (Lipinski definition) is 4. The number of Topliss-reactive ketones (excluding diaryl/α,β-unsaturated/α-hetero) is 1. The van der Waals surface area contributed by atoms with Gasteiger partial charge in [0.15, 0.2) is 5.78 Å². The maximum absolute atomic E-state index is 11.6. The molecule has 1 aromatic rings. The molecule has 76 valence electrons. The van der Waals surface area contributed by atoms with Crippen LogP contribution in [0.3, 0.4) is 0 Å². The van der Waals surface area contributed by atoms with Gasteiger partial charge in [-0.25, -0.2) is 9.97 Å². The quantitative estimate of drug-likeness (QED) is 0.717. The summed E-state index contributed by atoms with van der Waals surface area (Å²) >= 11 is 1.63. The molecule has 0 aromatic carbocycles. The second-order valence-electron chi connectivity index (χ2n) is 3.95. The summed E-state index contributed by atoms with van der Waals surface area (Å²) in [6.07, 6.45) is 4.53. The van der Waals surface area contributed by atoms with Gasteiger partial charge in [0.2, 0.25) is 0 Å². The largest absolute Gasteiger partial charge is 0.293 e. The van der Waals surface area contributed by atoms with Crippen LogP contribution in [0, 0.1) is 0 Å². The molecule has 0 aliphatic heterocycles. The molecule has 0 atom stereocenters. The van der Waals surface area contributed by atoms with E-state index in [0.29, 0.717) is 11.3 Å². The lowest BCUT2D eigenvalue weighted by molar-refractivity contribution is 0.102. The standard InChI is InChI=1S/C10H14N2OS/c1-10(2,3)14-6-9(13)8-4-11-7-12-5-8/h4-5,7H,6H2,1-3H3. The lowest BCUT2D eigenvalue weighted by Gasteiger charge is -2.16. The van der Waals surface area contributed by atoms with Crippen LogP contribution in [-0.2, 0) is 0 Å². The molecule has 1 aromatic heterocycles. The van der Waals surface area contributed by atoms with Crippen molar-refractivity contribution < 1.29 is 4.79 Å². The average Bonchev–Trinajstić information content (AvgIpc) is 2.14. The number of hydrogen-bond donors (Lipinski definition) is 0. The molecule has 0 unspecified atom stereocenters. The Labute approximate surface area is 88.3 Å². The monoisotopic (exact) mass is 210 g/mol. The number of nitrogens with zero attached hydrogens (tertiary/aromatic N) is 2. The van der Waals surface area contributed by atoms with Gasteiger partial charge < -0.3 is 0 Å². The molecule has 0 amide bonds. The second-order valence-corrected chi connectivity index (χ2v) is 5.75. The van der Waals surface area contributed by atoms with Crippen LogP contribution >= 0.6 is 11.8 Å². The number of rotatable bonds is 3. The molecular weight excluding hydrogens is 196 g/mol. The number of aromatic nitrogens is 2. The van der Waals surface area contributed by atoms with E-state index in [1.165, 1.54) is 6.33 Å². The molecule has 14 heavy (non-hydrogen) atoms. The van der Waals surface area contributed by atoms with Crippen molar-refractivity contribution in [2.24, 2.45) is 0 Å². The molecule has 0 spiro atoms. The number of carbonyl (C=O) groups excluding carboxylic acids is 1. The van der Waals surface area contributed by atoms with Gasteiger partial charge in [0.25, 0.3) is 0 Å². The molecule has 0 saturated carbocycles. The van der Waals surface area contributed by atoms with Crippen LogP contribution < -0.4 is 0 Å². The van der Waals surface area contributed by atoms with Crippen molar-refractivity contribution in [3.05, 3.63) is 24.3 Å². The first-order valence-electron chi connectivity index (χ1n) is 4.41. The number of carbonyl (C=O) groups is 1. The van der Waals surface area contributed by atoms with Gasteiger partial charge in [0, 0.05) is 17.1 Å². The molecule has 0 saturated heterocycles. The van der Waals surface area contributed by atoms with Gasteiger partial charge in [-0.15, -0.1) is 11.8 Å². The Morgan fingerprint density at radius 1 is 1.36 bits per heavy atom. The third-order valence-corrected chi connectivity index (χ3v) is 2.79. The first kappa shape index (κ1) is 11.2. The van der Waals surface area contributed by atoms with Crippen LogP contribution in [0.1, 0.15) is 31.1 Å². The van der Waals surface area contributed by atoms with E-state index in [-0.39, 0.29) is 10.5 Å². The minimum atomic E-state index is 0.0884. The van der Waals surface area contributed by atoms with Crippen molar-refractivity contribution in [1.29, 1.82) is 0 Å². The van der Waals surface area contributed by atoms with Crippen molar-refractivity contribution in [2.45, 2.75) is 25.5 Å². The van der Waals surface area contributed by atoms with E-state index in [2.05, 4.69) is 30.7 Å². The van der Waals surface area contributed by atoms with Crippen molar-refractivity contribution in [3.8, 4) is 0 Å². The SMILES string of the molecule is CC(C)(C)SCC(=O)c1cncnc1. The van der Waals surface area contributed by atoms with Crippen molar-refractivity contribution in [2.75, 3.05) is 5.75 Å². The van der Waals surface area contributed by atoms with Gasteiger partial charge in [-0.1, -0.05) is 20.8 Å².